The number of hydrogen-bond acceptors (Lipinski definition) is 2. The Morgan fingerprint density at radius 3 is 2.62 bits per heavy atom. The van der Waals surface area contributed by atoms with Crippen LogP contribution in [0, 0.1) is 5.92 Å². The molecule has 0 aromatic carbocycles. The minimum Gasteiger partial charge on any atom is -0.361 e. The second-order valence-electron chi connectivity index (χ2n) is 6.27. The Hall–Kier alpha value is -1.28. The van der Waals surface area contributed by atoms with Crippen LogP contribution in [-0.4, -0.2) is 16.6 Å². The third-order valence-corrected chi connectivity index (χ3v) is 4.68. The Kier molecular flexibility index (Phi) is 4.77. The summed E-state index contributed by atoms with van der Waals surface area (Å²) in [6, 6.07) is 0. The first-order valence-electron chi connectivity index (χ1n) is 8.22. The Labute approximate surface area is 129 Å². The van der Waals surface area contributed by atoms with E-state index in [9.17, 15) is 0 Å². The third-order valence-electron chi connectivity index (χ3n) is 4.68. The van der Waals surface area contributed by atoms with E-state index in [1.54, 1.807) is 0 Å². The Bertz CT molecular complexity index is 498. The zero-order chi connectivity index (χ0) is 15.6. The molecule has 0 spiro atoms. The number of allylic oxidation sites excluding steroid dienone is 3. The second-order valence-corrected chi connectivity index (χ2v) is 6.27. The Morgan fingerprint density at radius 2 is 2.14 bits per heavy atom. The molecular weight excluding hydrogens is 258 g/mol. The van der Waals surface area contributed by atoms with Gasteiger partial charge in [0.15, 0.2) is 0 Å². The van der Waals surface area contributed by atoms with Crippen molar-refractivity contribution < 1.29 is 4.74 Å². The predicted molar refractivity (Wildman–Crippen MR) is 89.6 cm³/mol. The van der Waals surface area contributed by atoms with Crippen LogP contribution in [0.5, 0.6) is 0 Å². The lowest BCUT2D eigenvalue weighted by atomic mass is 9.84. The molecule has 0 amide bonds. The van der Waals surface area contributed by atoms with Gasteiger partial charge in [-0.25, -0.2) is 0 Å². The summed E-state index contributed by atoms with van der Waals surface area (Å²) >= 11 is 0. The summed E-state index contributed by atoms with van der Waals surface area (Å²) in [5.41, 5.74) is 4.05. The molecule has 2 heterocycles. The Morgan fingerprint density at radius 1 is 1.43 bits per heavy atom. The number of ether oxygens (including phenoxy) is 1. The molecule has 0 N–H and O–H groups in total. The molecule has 116 valence electrons. The second kappa shape index (κ2) is 6.23. The van der Waals surface area contributed by atoms with Gasteiger partial charge < -0.3 is 9.64 Å². The fourth-order valence-corrected chi connectivity index (χ4v) is 3.45. The normalized spacial score (nSPS) is 30.5. The first-order valence-corrected chi connectivity index (χ1v) is 8.22. The summed E-state index contributed by atoms with van der Waals surface area (Å²) in [5, 5.41) is 0. The minimum absolute atomic E-state index is 0.0521. The molecule has 2 aliphatic rings. The van der Waals surface area contributed by atoms with E-state index in [1.165, 1.54) is 23.3 Å². The molecular formula is C19H29NO. The van der Waals surface area contributed by atoms with Crippen molar-refractivity contribution in [3.05, 3.63) is 48.0 Å². The number of epoxide rings is 1. The molecule has 0 radical (unpaired) electrons. The van der Waals surface area contributed by atoms with E-state index in [1.807, 2.05) is 6.20 Å². The minimum atomic E-state index is 0.0521. The maximum absolute atomic E-state index is 6.25. The van der Waals surface area contributed by atoms with Gasteiger partial charge in [-0.15, -0.1) is 0 Å². The van der Waals surface area contributed by atoms with Crippen molar-refractivity contribution >= 4 is 0 Å². The number of nitrogens with zero attached hydrogens (tertiary/aromatic N) is 1. The standard InChI is InChI=1S/C19H29NO/c1-7-12-19(9-3)18(21-19)17-15(14(5)6)11-13-20(10-4)16(17)8-2/h8,10-11,13-14,18H,4,7,9,12H2,1-3,5-6H3/b16-8-. The van der Waals surface area contributed by atoms with Crippen LogP contribution in [0.1, 0.15) is 53.9 Å². The van der Waals surface area contributed by atoms with Crippen LogP contribution in [0.2, 0.25) is 0 Å². The third kappa shape index (κ3) is 2.74. The largest absolute Gasteiger partial charge is 0.361 e. The maximum Gasteiger partial charge on any atom is 0.115 e. The van der Waals surface area contributed by atoms with Gasteiger partial charge in [-0.3, -0.25) is 0 Å². The van der Waals surface area contributed by atoms with Gasteiger partial charge in [-0.05, 0) is 37.3 Å². The highest BCUT2D eigenvalue weighted by molar-refractivity contribution is 5.51. The summed E-state index contributed by atoms with van der Waals surface area (Å²) in [5.74, 6) is 0.499. The number of hydrogen-bond donors (Lipinski definition) is 0. The molecule has 2 aliphatic heterocycles. The average molecular weight is 287 g/mol. The highest BCUT2D eigenvalue weighted by Gasteiger charge is 2.57. The summed E-state index contributed by atoms with van der Waals surface area (Å²) in [4.78, 5) is 2.11. The molecule has 2 unspecified atom stereocenters. The van der Waals surface area contributed by atoms with Crippen LogP contribution in [0.3, 0.4) is 0 Å². The number of rotatable bonds is 6. The molecule has 0 saturated carbocycles. The van der Waals surface area contributed by atoms with E-state index in [0.717, 1.165) is 12.8 Å². The van der Waals surface area contributed by atoms with E-state index in [2.05, 4.69) is 64.4 Å². The van der Waals surface area contributed by atoms with Gasteiger partial charge in [-0.1, -0.05) is 46.8 Å². The smallest absolute Gasteiger partial charge is 0.115 e. The Balaban J connectivity index is 2.45. The fourth-order valence-electron chi connectivity index (χ4n) is 3.45. The highest BCUT2D eigenvalue weighted by atomic mass is 16.6. The molecule has 1 saturated heterocycles. The SMILES string of the molecule is C=CN1C=CC(C(C)C)=C(C2OC2(CC)CCC)/C1=C/C. The van der Waals surface area contributed by atoms with Gasteiger partial charge >= 0.3 is 0 Å². The van der Waals surface area contributed by atoms with Gasteiger partial charge in [0.05, 0.1) is 5.60 Å². The topological polar surface area (TPSA) is 15.8 Å². The maximum atomic E-state index is 6.25. The van der Waals surface area contributed by atoms with Crippen LogP contribution in [0.25, 0.3) is 0 Å². The van der Waals surface area contributed by atoms with Crippen molar-refractivity contribution in [1.82, 2.24) is 4.90 Å². The van der Waals surface area contributed by atoms with E-state index in [-0.39, 0.29) is 11.7 Å². The summed E-state index contributed by atoms with van der Waals surface area (Å²) in [6.07, 6.45) is 12.0. The molecule has 2 nitrogen and oxygen atoms in total. The predicted octanol–water partition coefficient (Wildman–Crippen LogP) is 5.16. The monoisotopic (exact) mass is 287 g/mol. The van der Waals surface area contributed by atoms with Crippen molar-refractivity contribution in [1.29, 1.82) is 0 Å². The molecule has 0 bridgehead atoms. The summed E-state index contributed by atoms with van der Waals surface area (Å²) in [6.45, 7) is 15.0. The van der Waals surface area contributed by atoms with Gasteiger partial charge in [0.2, 0.25) is 0 Å². The first kappa shape index (κ1) is 16.1. The summed E-state index contributed by atoms with van der Waals surface area (Å²) in [7, 11) is 0. The lowest BCUT2D eigenvalue weighted by Gasteiger charge is -2.29. The highest BCUT2D eigenvalue weighted by Crippen LogP contribution is 2.51. The molecule has 21 heavy (non-hydrogen) atoms. The van der Waals surface area contributed by atoms with Crippen molar-refractivity contribution in [2.75, 3.05) is 0 Å². The van der Waals surface area contributed by atoms with E-state index < -0.39 is 0 Å². The van der Waals surface area contributed by atoms with Crippen molar-refractivity contribution in [3.8, 4) is 0 Å². The molecule has 0 aromatic heterocycles. The molecule has 0 aliphatic carbocycles. The van der Waals surface area contributed by atoms with Gasteiger partial charge in [0.25, 0.3) is 0 Å². The zero-order valence-corrected chi connectivity index (χ0v) is 14.1. The zero-order valence-electron chi connectivity index (χ0n) is 14.1. The van der Waals surface area contributed by atoms with E-state index in [0.29, 0.717) is 5.92 Å². The van der Waals surface area contributed by atoms with Crippen LogP contribution in [0.4, 0.5) is 0 Å². The van der Waals surface area contributed by atoms with Crippen LogP contribution >= 0.6 is 0 Å². The lowest BCUT2D eigenvalue weighted by molar-refractivity contribution is 0.274. The van der Waals surface area contributed by atoms with Gasteiger partial charge in [0, 0.05) is 23.7 Å². The van der Waals surface area contributed by atoms with Crippen molar-refractivity contribution in [2.45, 2.75) is 65.6 Å². The average Bonchev–Trinajstić information content (AvgIpc) is 3.20. The molecule has 2 atom stereocenters. The molecule has 2 heteroatoms. The fraction of sp³-hybridized carbons (Fsp3) is 0.579. The summed E-state index contributed by atoms with van der Waals surface area (Å²) < 4.78 is 6.25. The molecule has 0 aromatic rings. The van der Waals surface area contributed by atoms with Gasteiger partial charge in [0.1, 0.15) is 6.10 Å². The lowest BCUT2D eigenvalue weighted by Crippen LogP contribution is -2.24. The first-order chi connectivity index (χ1) is 10.0. The van der Waals surface area contributed by atoms with Crippen LogP contribution in [0.15, 0.2) is 48.0 Å². The van der Waals surface area contributed by atoms with E-state index >= 15 is 0 Å². The molecule has 1 fully saturated rings. The van der Waals surface area contributed by atoms with Crippen molar-refractivity contribution in [3.63, 3.8) is 0 Å². The quantitative estimate of drug-likeness (QED) is 0.627. The van der Waals surface area contributed by atoms with Crippen molar-refractivity contribution in [2.24, 2.45) is 5.92 Å². The molecule has 2 rings (SSSR count). The van der Waals surface area contributed by atoms with Gasteiger partial charge in [-0.2, -0.15) is 0 Å². The van der Waals surface area contributed by atoms with Crippen LogP contribution < -0.4 is 0 Å². The van der Waals surface area contributed by atoms with E-state index in [4.69, 9.17) is 4.74 Å². The van der Waals surface area contributed by atoms with Crippen LogP contribution in [-0.2, 0) is 4.74 Å².